The zero-order valence-corrected chi connectivity index (χ0v) is 23.2. The van der Waals surface area contributed by atoms with E-state index < -0.39 is 12.4 Å². The summed E-state index contributed by atoms with van der Waals surface area (Å²) in [5.74, 6) is 0. The molecule has 204 valence electrons. The number of hydrogen-bond donors (Lipinski definition) is 0. The summed E-state index contributed by atoms with van der Waals surface area (Å²) in [5, 5.41) is 0. The van der Waals surface area contributed by atoms with Crippen LogP contribution in [0.25, 0.3) is 0 Å². The standard InChI is InChI=1S/C31H51NO4/c1-4-5-6-7-8-9-10-11-12-13-14-15-16-17-18-22-27-34-30(29-24-20-19-21-25-29)36-31(33)35-28-23-26-32(2)3/h8-9,11-12,19-21,24-25,30H,4-7,10,13-18,22-23,26-28H2,1-3H3/b9-8-,12-11-. The molecule has 1 aromatic rings. The fourth-order valence-corrected chi connectivity index (χ4v) is 3.75. The lowest BCUT2D eigenvalue weighted by molar-refractivity contribution is -0.126. The molecule has 36 heavy (non-hydrogen) atoms. The second kappa shape index (κ2) is 23.3. The van der Waals surface area contributed by atoms with E-state index in [1.165, 1.54) is 57.8 Å². The Balaban J connectivity index is 2.11. The molecular weight excluding hydrogens is 450 g/mol. The van der Waals surface area contributed by atoms with Crippen LogP contribution in [0.15, 0.2) is 54.6 Å². The van der Waals surface area contributed by atoms with Crippen LogP contribution in [0.4, 0.5) is 4.79 Å². The van der Waals surface area contributed by atoms with Crippen molar-refractivity contribution in [2.45, 2.75) is 96.7 Å². The van der Waals surface area contributed by atoms with Gasteiger partial charge in [-0.15, -0.1) is 0 Å². The normalized spacial score (nSPS) is 12.6. The highest BCUT2D eigenvalue weighted by Gasteiger charge is 2.18. The Kier molecular flexibility index (Phi) is 20.7. The van der Waals surface area contributed by atoms with Crippen molar-refractivity contribution >= 4 is 6.16 Å². The van der Waals surface area contributed by atoms with Gasteiger partial charge in [-0.3, -0.25) is 0 Å². The number of carbonyl (C=O) groups is 1. The van der Waals surface area contributed by atoms with Gasteiger partial charge in [0.25, 0.3) is 0 Å². The van der Waals surface area contributed by atoms with Crippen LogP contribution in [0.5, 0.6) is 0 Å². The van der Waals surface area contributed by atoms with E-state index in [0.717, 1.165) is 37.8 Å². The maximum Gasteiger partial charge on any atom is 0.510 e. The third kappa shape index (κ3) is 19.1. The molecule has 1 aromatic carbocycles. The van der Waals surface area contributed by atoms with Crippen molar-refractivity contribution in [3.63, 3.8) is 0 Å². The molecule has 1 rings (SSSR count). The molecule has 0 fully saturated rings. The van der Waals surface area contributed by atoms with Gasteiger partial charge in [0, 0.05) is 12.1 Å². The zero-order valence-electron chi connectivity index (χ0n) is 23.2. The van der Waals surface area contributed by atoms with Gasteiger partial charge in [0.15, 0.2) is 0 Å². The number of carbonyl (C=O) groups excluding carboxylic acids is 1. The van der Waals surface area contributed by atoms with E-state index >= 15 is 0 Å². The summed E-state index contributed by atoms with van der Waals surface area (Å²) in [6.07, 6.45) is 23.0. The third-order valence-corrected chi connectivity index (χ3v) is 5.86. The van der Waals surface area contributed by atoms with Crippen molar-refractivity contribution in [3.05, 3.63) is 60.2 Å². The van der Waals surface area contributed by atoms with E-state index in [4.69, 9.17) is 14.2 Å². The molecule has 5 heteroatoms. The highest BCUT2D eigenvalue weighted by Crippen LogP contribution is 2.20. The van der Waals surface area contributed by atoms with Crippen LogP contribution >= 0.6 is 0 Å². The van der Waals surface area contributed by atoms with Crippen LogP contribution in [-0.4, -0.2) is 44.9 Å². The van der Waals surface area contributed by atoms with Crippen LogP contribution in [0.2, 0.25) is 0 Å². The second-order valence-corrected chi connectivity index (χ2v) is 9.57. The molecule has 0 bridgehead atoms. The molecule has 0 aliphatic heterocycles. The molecule has 0 amide bonds. The van der Waals surface area contributed by atoms with Gasteiger partial charge in [-0.1, -0.05) is 100 Å². The topological polar surface area (TPSA) is 48.0 Å². The van der Waals surface area contributed by atoms with Crippen molar-refractivity contribution in [1.82, 2.24) is 4.90 Å². The summed E-state index contributed by atoms with van der Waals surface area (Å²) in [4.78, 5) is 14.2. The maximum absolute atomic E-state index is 12.1. The zero-order chi connectivity index (χ0) is 26.1. The van der Waals surface area contributed by atoms with Crippen LogP contribution < -0.4 is 0 Å². The number of nitrogens with zero attached hydrogens (tertiary/aromatic N) is 1. The molecule has 0 saturated heterocycles. The number of hydrogen-bond acceptors (Lipinski definition) is 5. The van der Waals surface area contributed by atoms with Gasteiger partial charge in [0.1, 0.15) is 0 Å². The van der Waals surface area contributed by atoms with Gasteiger partial charge in [0.2, 0.25) is 6.29 Å². The first-order chi connectivity index (χ1) is 17.6. The molecule has 0 aromatic heterocycles. The molecule has 1 atom stereocenters. The van der Waals surface area contributed by atoms with Crippen LogP contribution in [0.3, 0.4) is 0 Å². The lowest BCUT2D eigenvalue weighted by Gasteiger charge is -2.19. The number of ether oxygens (including phenoxy) is 3. The van der Waals surface area contributed by atoms with Gasteiger partial charge < -0.3 is 19.1 Å². The van der Waals surface area contributed by atoms with Gasteiger partial charge in [-0.2, -0.15) is 0 Å². The van der Waals surface area contributed by atoms with Crippen molar-refractivity contribution in [2.24, 2.45) is 0 Å². The summed E-state index contributed by atoms with van der Waals surface area (Å²) >= 11 is 0. The smallest absolute Gasteiger partial charge is 0.434 e. The number of rotatable bonds is 22. The van der Waals surface area contributed by atoms with E-state index in [2.05, 4.69) is 36.1 Å². The van der Waals surface area contributed by atoms with E-state index in [1.54, 1.807) is 0 Å². The Labute approximate surface area is 220 Å². The molecule has 5 nitrogen and oxygen atoms in total. The molecular formula is C31H51NO4. The van der Waals surface area contributed by atoms with Crippen LogP contribution in [-0.2, 0) is 14.2 Å². The molecule has 0 saturated carbocycles. The van der Waals surface area contributed by atoms with Crippen LogP contribution in [0.1, 0.15) is 102 Å². The first kappa shape index (κ1) is 31.9. The van der Waals surface area contributed by atoms with Crippen molar-refractivity contribution in [3.8, 4) is 0 Å². The minimum atomic E-state index is -0.731. The first-order valence-electron chi connectivity index (χ1n) is 14.1. The Morgan fingerprint density at radius 2 is 1.44 bits per heavy atom. The fourth-order valence-electron chi connectivity index (χ4n) is 3.75. The monoisotopic (exact) mass is 501 g/mol. The van der Waals surface area contributed by atoms with Crippen molar-refractivity contribution in [2.75, 3.05) is 33.9 Å². The number of unbranched alkanes of at least 4 members (excludes halogenated alkanes) is 9. The average molecular weight is 502 g/mol. The van der Waals surface area contributed by atoms with E-state index in [0.29, 0.717) is 13.2 Å². The highest BCUT2D eigenvalue weighted by atomic mass is 16.8. The van der Waals surface area contributed by atoms with Gasteiger partial charge in [0.05, 0.1) is 13.2 Å². The van der Waals surface area contributed by atoms with Gasteiger partial charge in [-0.05, 0) is 59.0 Å². The SMILES string of the molecule is CCCCC/C=C\C/C=C\CCCCCCCCOC(OC(=O)OCCCN(C)C)c1ccccc1. The van der Waals surface area contributed by atoms with Crippen molar-refractivity contribution in [1.29, 1.82) is 0 Å². The summed E-state index contributed by atoms with van der Waals surface area (Å²) in [6, 6.07) is 9.57. The third-order valence-electron chi connectivity index (χ3n) is 5.86. The summed E-state index contributed by atoms with van der Waals surface area (Å²) in [7, 11) is 3.98. The van der Waals surface area contributed by atoms with E-state index in [-0.39, 0.29) is 0 Å². The number of benzene rings is 1. The quantitative estimate of drug-likeness (QED) is 0.0689. The lowest BCUT2D eigenvalue weighted by atomic mass is 10.1. The summed E-state index contributed by atoms with van der Waals surface area (Å²) < 4.78 is 16.6. The molecule has 0 aliphatic rings. The lowest BCUT2D eigenvalue weighted by Crippen LogP contribution is -2.19. The Bertz CT molecular complexity index is 687. The molecule has 0 N–H and O–H groups in total. The first-order valence-corrected chi connectivity index (χ1v) is 14.1. The minimum Gasteiger partial charge on any atom is -0.434 e. The second-order valence-electron chi connectivity index (χ2n) is 9.57. The molecule has 0 radical (unpaired) electrons. The fraction of sp³-hybridized carbons (Fsp3) is 0.645. The summed E-state index contributed by atoms with van der Waals surface area (Å²) in [5.41, 5.74) is 0.822. The van der Waals surface area contributed by atoms with Gasteiger partial charge in [-0.25, -0.2) is 4.79 Å². The predicted molar refractivity (Wildman–Crippen MR) is 150 cm³/mol. The Morgan fingerprint density at radius 3 is 2.11 bits per heavy atom. The minimum absolute atomic E-state index is 0.338. The van der Waals surface area contributed by atoms with E-state index in [1.807, 2.05) is 44.4 Å². The van der Waals surface area contributed by atoms with Crippen molar-refractivity contribution < 1.29 is 19.0 Å². The predicted octanol–water partition coefficient (Wildman–Crippen LogP) is 8.62. The summed E-state index contributed by atoms with van der Waals surface area (Å²) in [6.45, 7) is 4.00. The van der Waals surface area contributed by atoms with Crippen LogP contribution in [0, 0.1) is 0 Å². The highest BCUT2D eigenvalue weighted by molar-refractivity contribution is 5.60. The van der Waals surface area contributed by atoms with E-state index in [9.17, 15) is 4.79 Å². The molecule has 1 unspecified atom stereocenters. The molecule has 0 heterocycles. The Hall–Kier alpha value is -2.11. The Morgan fingerprint density at radius 1 is 0.806 bits per heavy atom. The average Bonchev–Trinajstić information content (AvgIpc) is 2.88. The maximum atomic E-state index is 12.1. The number of allylic oxidation sites excluding steroid dienone is 4. The van der Waals surface area contributed by atoms with Gasteiger partial charge >= 0.3 is 6.16 Å². The largest absolute Gasteiger partial charge is 0.510 e. The molecule has 0 spiro atoms. The molecule has 0 aliphatic carbocycles.